The van der Waals surface area contributed by atoms with Crippen molar-refractivity contribution in [1.82, 2.24) is 0 Å². The first-order valence-corrected chi connectivity index (χ1v) is 22.4. The maximum absolute atomic E-state index is 14.2. The van der Waals surface area contributed by atoms with Gasteiger partial charge in [-0.1, -0.05) is 65.8 Å². The topological polar surface area (TPSA) is 108 Å². The maximum Gasteiger partial charge on any atom is 0.307 e. The zero-order valence-corrected chi connectivity index (χ0v) is 32.7. The number of fused-ring (bicyclic) bond motifs is 1. The highest BCUT2D eigenvalue weighted by atomic mass is 28.4. The molecule has 48 heavy (non-hydrogen) atoms. The monoisotopic (exact) mass is 695 g/mol. The summed E-state index contributed by atoms with van der Waals surface area (Å²) < 4.78 is 23.8. The Morgan fingerprint density at radius 2 is 1.27 bits per heavy atom. The molecule has 1 aliphatic rings. The fourth-order valence-corrected chi connectivity index (χ4v) is 6.98. The molecule has 0 saturated heterocycles. The van der Waals surface area contributed by atoms with Crippen LogP contribution in [0.3, 0.4) is 0 Å². The van der Waals surface area contributed by atoms with E-state index in [0.29, 0.717) is 28.3 Å². The fraction of sp³-hybridized carbons (Fsp3) is 0.514. The molecular formula is C37H53NO8Si2. The second-order valence-electron chi connectivity index (χ2n) is 15.3. The Bertz CT molecular complexity index is 1550. The Morgan fingerprint density at radius 1 is 0.771 bits per heavy atom. The van der Waals surface area contributed by atoms with E-state index in [-0.39, 0.29) is 23.3 Å². The minimum atomic E-state index is -2.28. The largest absolute Gasteiger partial charge is 0.541 e. The summed E-state index contributed by atoms with van der Waals surface area (Å²) in [4.78, 5) is 54.7. The molecule has 2 amide bonds. The second kappa shape index (κ2) is 14.4. The van der Waals surface area contributed by atoms with Crippen molar-refractivity contribution in [1.29, 1.82) is 0 Å². The molecule has 9 nitrogen and oxygen atoms in total. The molecular weight excluding hydrogens is 643 g/mol. The minimum Gasteiger partial charge on any atom is -0.541 e. The molecule has 0 N–H and O–H groups in total. The van der Waals surface area contributed by atoms with Crippen molar-refractivity contribution >= 4 is 52.2 Å². The van der Waals surface area contributed by atoms with Gasteiger partial charge in [0.25, 0.3) is 22.5 Å². The maximum atomic E-state index is 14.2. The van der Waals surface area contributed by atoms with Crippen LogP contribution in [0.25, 0.3) is 6.08 Å². The predicted molar refractivity (Wildman–Crippen MR) is 194 cm³/mol. The van der Waals surface area contributed by atoms with Crippen LogP contribution in [0.5, 0.6) is 11.5 Å². The summed E-state index contributed by atoms with van der Waals surface area (Å²) in [5.74, 6) is -1.31. The zero-order chi connectivity index (χ0) is 36.3. The first-order valence-electron chi connectivity index (χ1n) is 16.6. The van der Waals surface area contributed by atoms with Crippen molar-refractivity contribution in [2.24, 2.45) is 0 Å². The first kappa shape index (κ1) is 38.7. The highest BCUT2D eigenvalue weighted by molar-refractivity contribution is 6.75. The summed E-state index contributed by atoms with van der Waals surface area (Å²) in [6, 6.07) is 12.3. The van der Waals surface area contributed by atoms with Gasteiger partial charge in [0, 0.05) is 6.08 Å². The Hall–Kier alpha value is -3.71. The van der Waals surface area contributed by atoms with E-state index in [2.05, 4.69) is 67.7 Å². The molecule has 0 aliphatic carbocycles. The van der Waals surface area contributed by atoms with Gasteiger partial charge in [0.05, 0.1) is 37.2 Å². The highest BCUT2D eigenvalue weighted by Crippen LogP contribution is 2.47. The van der Waals surface area contributed by atoms with Crippen LogP contribution in [0.2, 0.25) is 36.3 Å². The lowest BCUT2D eigenvalue weighted by Crippen LogP contribution is -2.45. The lowest BCUT2D eigenvalue weighted by Gasteiger charge is -2.39. The van der Waals surface area contributed by atoms with Crippen LogP contribution in [0.1, 0.15) is 79.4 Å². The molecule has 0 saturated carbocycles. The smallest absolute Gasteiger partial charge is 0.307 e. The van der Waals surface area contributed by atoms with Gasteiger partial charge in [-0.2, -0.15) is 0 Å². The molecule has 0 bridgehead atoms. The number of ether oxygens (including phenoxy) is 2. The standard InChI is InChI=1S/C37H53NO8Si2/c1-13-43-32(40)24-37(25-33(41)44-14-2)27-17-15-16-18-28(27)38(34(37)42)31(39)22-20-26-19-21-29(45-47(9,10)35(3,4)5)30(23-26)46-48(11,12)36(6,7)8/h15-23H,13-14,24-25H2,1-12H3. The number of benzene rings is 2. The molecule has 2 aromatic carbocycles. The number of para-hydroxylation sites is 1. The van der Waals surface area contributed by atoms with Gasteiger partial charge in [0.2, 0.25) is 5.91 Å². The molecule has 1 heterocycles. The van der Waals surface area contributed by atoms with Crippen LogP contribution in [0, 0.1) is 0 Å². The number of carbonyl (C=O) groups is 4. The van der Waals surface area contributed by atoms with Crippen LogP contribution >= 0.6 is 0 Å². The molecule has 0 fully saturated rings. The number of anilines is 1. The second-order valence-corrected chi connectivity index (χ2v) is 24.8. The summed E-state index contributed by atoms with van der Waals surface area (Å²) in [5, 5.41) is -0.0905. The summed E-state index contributed by atoms with van der Waals surface area (Å²) in [5.41, 5.74) is -0.254. The number of hydrogen-bond acceptors (Lipinski definition) is 8. The number of imide groups is 1. The highest BCUT2D eigenvalue weighted by Gasteiger charge is 2.55. The average molecular weight is 696 g/mol. The molecule has 0 radical (unpaired) electrons. The van der Waals surface area contributed by atoms with Gasteiger partial charge in [-0.3, -0.25) is 19.2 Å². The van der Waals surface area contributed by atoms with E-state index in [1.807, 2.05) is 18.2 Å². The molecule has 262 valence electrons. The van der Waals surface area contributed by atoms with Crippen LogP contribution in [-0.4, -0.2) is 53.6 Å². The first-order chi connectivity index (χ1) is 22.1. The Balaban J connectivity index is 2.05. The van der Waals surface area contributed by atoms with Crippen molar-refractivity contribution in [3.63, 3.8) is 0 Å². The Morgan fingerprint density at radius 3 is 1.77 bits per heavy atom. The number of hydrogen-bond donors (Lipinski definition) is 0. The minimum absolute atomic E-state index is 0.0272. The Kier molecular flexibility index (Phi) is 11.6. The summed E-state index contributed by atoms with van der Waals surface area (Å²) in [6.45, 7) is 25.3. The van der Waals surface area contributed by atoms with Crippen molar-refractivity contribution in [3.8, 4) is 11.5 Å². The predicted octanol–water partition coefficient (Wildman–Crippen LogP) is 8.19. The van der Waals surface area contributed by atoms with Gasteiger partial charge in [-0.15, -0.1) is 0 Å². The van der Waals surface area contributed by atoms with E-state index in [4.69, 9.17) is 18.3 Å². The zero-order valence-electron chi connectivity index (χ0n) is 30.7. The van der Waals surface area contributed by atoms with E-state index < -0.39 is 58.6 Å². The number of amides is 2. The van der Waals surface area contributed by atoms with E-state index in [0.717, 1.165) is 4.90 Å². The third-order valence-electron chi connectivity index (χ3n) is 9.72. The van der Waals surface area contributed by atoms with Gasteiger partial charge in [0.1, 0.15) is 11.5 Å². The Labute approximate surface area is 288 Å². The van der Waals surface area contributed by atoms with Gasteiger partial charge in [-0.25, -0.2) is 4.90 Å². The van der Waals surface area contributed by atoms with Crippen molar-refractivity contribution < 1.29 is 37.5 Å². The van der Waals surface area contributed by atoms with E-state index in [1.54, 1.807) is 44.2 Å². The summed E-state index contributed by atoms with van der Waals surface area (Å²) >= 11 is 0. The summed E-state index contributed by atoms with van der Waals surface area (Å²) in [6.07, 6.45) is 2.13. The van der Waals surface area contributed by atoms with E-state index >= 15 is 0 Å². The number of carbonyl (C=O) groups excluding carboxylic acids is 4. The van der Waals surface area contributed by atoms with E-state index in [9.17, 15) is 19.2 Å². The summed E-state index contributed by atoms with van der Waals surface area (Å²) in [7, 11) is -4.48. The number of esters is 2. The molecule has 0 atom stereocenters. The normalized spacial score (nSPS) is 14.9. The molecule has 2 aromatic rings. The van der Waals surface area contributed by atoms with Gasteiger partial charge in [-0.05, 0) is 85.5 Å². The third kappa shape index (κ3) is 8.29. The van der Waals surface area contributed by atoms with Crippen LogP contribution in [-0.2, 0) is 34.1 Å². The number of rotatable bonds is 12. The van der Waals surface area contributed by atoms with Crippen molar-refractivity contribution in [3.05, 3.63) is 59.7 Å². The quantitative estimate of drug-likeness (QED) is 0.124. The van der Waals surface area contributed by atoms with Crippen LogP contribution in [0.4, 0.5) is 5.69 Å². The van der Waals surface area contributed by atoms with Crippen LogP contribution < -0.4 is 13.8 Å². The van der Waals surface area contributed by atoms with Crippen molar-refractivity contribution in [2.75, 3.05) is 18.1 Å². The van der Waals surface area contributed by atoms with Gasteiger partial charge < -0.3 is 18.3 Å². The molecule has 1 aliphatic heterocycles. The van der Waals surface area contributed by atoms with Crippen LogP contribution in [0.15, 0.2) is 48.5 Å². The lowest BCUT2D eigenvalue weighted by atomic mass is 9.75. The molecule has 0 spiro atoms. The van der Waals surface area contributed by atoms with E-state index in [1.165, 1.54) is 6.08 Å². The van der Waals surface area contributed by atoms with Gasteiger partial charge in [0.15, 0.2) is 0 Å². The lowest BCUT2D eigenvalue weighted by molar-refractivity contribution is -0.151. The molecule has 0 unspecified atom stereocenters. The van der Waals surface area contributed by atoms with Gasteiger partial charge >= 0.3 is 11.9 Å². The molecule has 3 rings (SSSR count). The van der Waals surface area contributed by atoms with Crippen molar-refractivity contribution in [2.45, 2.75) is 110 Å². The fourth-order valence-electron chi connectivity index (χ4n) is 4.94. The third-order valence-corrected chi connectivity index (χ3v) is 18.4. The SMILES string of the molecule is CCOC(=O)CC1(CC(=O)OCC)C(=O)N(C(=O)C=Cc2ccc(O[Si](C)(C)C(C)(C)C)c(O[Si](C)(C)C(C)(C)C)c2)c2ccccc21. The average Bonchev–Trinajstić information content (AvgIpc) is 3.18. The number of nitrogens with zero attached hydrogens (tertiary/aromatic N) is 1. The molecule has 11 heteroatoms. The molecule has 0 aromatic heterocycles.